The number of carbonyl (C=O) groups is 1. The van der Waals surface area contributed by atoms with E-state index < -0.39 is 10.0 Å². The highest BCUT2D eigenvalue weighted by atomic mass is 32.2. The van der Waals surface area contributed by atoms with Gasteiger partial charge in [0.1, 0.15) is 10.6 Å². The fraction of sp³-hybridized carbons (Fsp3) is 0.562. The van der Waals surface area contributed by atoms with Crippen LogP contribution in [-0.2, 0) is 10.0 Å². The summed E-state index contributed by atoms with van der Waals surface area (Å²) < 4.78 is 33.5. The number of benzene rings is 1. The number of amides is 1. The number of ether oxygens (including phenoxy) is 1. The first kappa shape index (κ1) is 17.7. The molecule has 128 valence electrons. The molecular weight excluding hydrogens is 316 g/mol. The first-order chi connectivity index (χ1) is 10.9. The van der Waals surface area contributed by atoms with E-state index in [1.165, 1.54) is 26.3 Å². The van der Waals surface area contributed by atoms with Crippen molar-refractivity contribution in [1.82, 2.24) is 10.0 Å². The molecule has 0 heterocycles. The quantitative estimate of drug-likeness (QED) is 0.857. The Kier molecular flexibility index (Phi) is 5.64. The molecule has 2 atom stereocenters. The van der Waals surface area contributed by atoms with Crippen LogP contribution in [-0.4, -0.2) is 34.5 Å². The molecule has 2 unspecified atom stereocenters. The summed E-state index contributed by atoms with van der Waals surface area (Å²) in [6.07, 6.45) is 4.00. The van der Waals surface area contributed by atoms with Crippen LogP contribution >= 0.6 is 0 Å². The van der Waals surface area contributed by atoms with Gasteiger partial charge in [-0.25, -0.2) is 13.1 Å². The molecule has 1 aromatic carbocycles. The lowest BCUT2D eigenvalue weighted by atomic mass is 9.87. The van der Waals surface area contributed by atoms with Crippen LogP contribution in [0.15, 0.2) is 23.1 Å². The van der Waals surface area contributed by atoms with Crippen molar-refractivity contribution in [2.75, 3.05) is 14.2 Å². The van der Waals surface area contributed by atoms with Gasteiger partial charge < -0.3 is 10.1 Å². The molecule has 0 radical (unpaired) electrons. The third kappa shape index (κ3) is 4.03. The number of hydrogen-bond acceptors (Lipinski definition) is 4. The minimum Gasteiger partial charge on any atom is -0.495 e. The van der Waals surface area contributed by atoms with E-state index in [0.717, 1.165) is 25.7 Å². The summed E-state index contributed by atoms with van der Waals surface area (Å²) in [6, 6.07) is 4.32. The maximum absolute atomic E-state index is 12.8. The van der Waals surface area contributed by atoms with Gasteiger partial charge in [-0.2, -0.15) is 0 Å². The minimum atomic E-state index is -3.75. The molecule has 0 aliphatic heterocycles. The first-order valence-electron chi connectivity index (χ1n) is 7.81. The number of methoxy groups -OCH3 is 1. The van der Waals surface area contributed by atoms with Crippen molar-refractivity contribution < 1.29 is 17.9 Å². The molecule has 1 aliphatic carbocycles. The van der Waals surface area contributed by atoms with Gasteiger partial charge >= 0.3 is 0 Å². The Morgan fingerprint density at radius 1 is 1.26 bits per heavy atom. The van der Waals surface area contributed by atoms with Crippen LogP contribution in [0.3, 0.4) is 0 Å². The lowest BCUT2D eigenvalue weighted by Crippen LogP contribution is -2.41. The van der Waals surface area contributed by atoms with E-state index in [1.54, 1.807) is 6.07 Å². The second-order valence-electron chi connectivity index (χ2n) is 5.93. The summed E-state index contributed by atoms with van der Waals surface area (Å²) in [5.74, 6) is 0.190. The van der Waals surface area contributed by atoms with Gasteiger partial charge in [0.2, 0.25) is 10.0 Å². The topological polar surface area (TPSA) is 84.5 Å². The Morgan fingerprint density at radius 3 is 2.57 bits per heavy atom. The molecule has 0 bridgehead atoms. The average molecular weight is 340 g/mol. The molecule has 2 rings (SSSR count). The largest absolute Gasteiger partial charge is 0.495 e. The second kappa shape index (κ2) is 7.31. The van der Waals surface area contributed by atoms with Crippen LogP contribution in [0.25, 0.3) is 0 Å². The smallest absolute Gasteiger partial charge is 0.251 e. The predicted octanol–water partition coefficient (Wildman–Crippen LogP) is 1.91. The number of nitrogens with one attached hydrogen (secondary N) is 2. The summed E-state index contributed by atoms with van der Waals surface area (Å²) in [5, 5.41) is 2.49. The fourth-order valence-corrected chi connectivity index (χ4v) is 4.50. The van der Waals surface area contributed by atoms with Crippen molar-refractivity contribution in [2.45, 2.75) is 43.5 Å². The SMILES string of the molecule is CNC(=O)c1ccc(OC)c(S(=O)(=O)NC2CCCCC2C)c1. The van der Waals surface area contributed by atoms with Crippen LogP contribution in [0.5, 0.6) is 5.75 Å². The molecule has 7 heteroatoms. The molecule has 1 amide bonds. The maximum Gasteiger partial charge on any atom is 0.251 e. The van der Waals surface area contributed by atoms with Crippen LogP contribution in [0.4, 0.5) is 0 Å². The van der Waals surface area contributed by atoms with E-state index >= 15 is 0 Å². The summed E-state index contributed by atoms with van der Waals surface area (Å²) in [7, 11) is -0.838. The van der Waals surface area contributed by atoms with Crippen molar-refractivity contribution in [3.05, 3.63) is 23.8 Å². The van der Waals surface area contributed by atoms with Gasteiger partial charge in [-0.15, -0.1) is 0 Å². The minimum absolute atomic E-state index is 0.00104. The Hall–Kier alpha value is -1.60. The predicted molar refractivity (Wildman–Crippen MR) is 88.1 cm³/mol. The standard InChI is InChI=1S/C16H24N2O4S/c1-11-6-4-5-7-13(11)18-23(20,21)15-10-12(16(19)17-2)8-9-14(15)22-3/h8-11,13,18H,4-7H2,1-3H3,(H,17,19). The summed E-state index contributed by atoms with van der Waals surface area (Å²) in [5.41, 5.74) is 0.283. The van der Waals surface area contributed by atoms with Crippen LogP contribution in [0, 0.1) is 5.92 Å². The Balaban J connectivity index is 2.35. The highest BCUT2D eigenvalue weighted by Gasteiger charge is 2.29. The second-order valence-corrected chi connectivity index (χ2v) is 7.62. The first-order valence-corrected chi connectivity index (χ1v) is 9.30. The van der Waals surface area contributed by atoms with Gasteiger partial charge in [0.05, 0.1) is 7.11 Å². The average Bonchev–Trinajstić information content (AvgIpc) is 2.55. The molecule has 1 aromatic rings. The van der Waals surface area contributed by atoms with E-state index in [4.69, 9.17) is 4.74 Å². The molecule has 0 spiro atoms. The van der Waals surface area contributed by atoms with E-state index in [1.807, 2.05) is 0 Å². The Bertz CT molecular complexity index is 673. The molecular formula is C16H24N2O4S. The fourth-order valence-electron chi connectivity index (χ4n) is 2.93. The third-order valence-corrected chi connectivity index (χ3v) is 5.87. The van der Waals surface area contributed by atoms with Gasteiger partial charge in [-0.05, 0) is 37.0 Å². The monoisotopic (exact) mass is 340 g/mol. The van der Waals surface area contributed by atoms with E-state index in [2.05, 4.69) is 17.0 Å². The molecule has 1 aliphatic rings. The molecule has 2 N–H and O–H groups in total. The highest BCUT2D eigenvalue weighted by Crippen LogP contribution is 2.29. The zero-order valence-corrected chi connectivity index (χ0v) is 14.6. The van der Waals surface area contributed by atoms with Crippen molar-refractivity contribution in [1.29, 1.82) is 0 Å². The van der Waals surface area contributed by atoms with Gasteiger partial charge in [0, 0.05) is 18.7 Å². The number of sulfonamides is 1. The molecule has 1 saturated carbocycles. The van der Waals surface area contributed by atoms with Gasteiger partial charge in [-0.3, -0.25) is 4.79 Å². The van der Waals surface area contributed by atoms with Crippen molar-refractivity contribution >= 4 is 15.9 Å². The van der Waals surface area contributed by atoms with Crippen molar-refractivity contribution in [3.8, 4) is 5.75 Å². The molecule has 23 heavy (non-hydrogen) atoms. The molecule has 6 nitrogen and oxygen atoms in total. The summed E-state index contributed by atoms with van der Waals surface area (Å²) in [4.78, 5) is 11.8. The lowest BCUT2D eigenvalue weighted by Gasteiger charge is -2.29. The highest BCUT2D eigenvalue weighted by molar-refractivity contribution is 7.89. The zero-order chi connectivity index (χ0) is 17.0. The Morgan fingerprint density at radius 2 is 1.96 bits per heavy atom. The zero-order valence-electron chi connectivity index (χ0n) is 13.8. The van der Waals surface area contributed by atoms with Crippen molar-refractivity contribution in [2.24, 2.45) is 5.92 Å². The van der Waals surface area contributed by atoms with E-state index in [9.17, 15) is 13.2 Å². The molecule has 1 fully saturated rings. The van der Waals surface area contributed by atoms with E-state index in [0.29, 0.717) is 5.92 Å². The Labute approximate surface area is 137 Å². The van der Waals surface area contributed by atoms with Crippen LogP contribution in [0.1, 0.15) is 43.0 Å². The normalized spacial score (nSPS) is 21.7. The van der Waals surface area contributed by atoms with Crippen molar-refractivity contribution in [3.63, 3.8) is 0 Å². The van der Waals surface area contributed by atoms with Gasteiger partial charge in [0.15, 0.2) is 0 Å². The third-order valence-electron chi connectivity index (χ3n) is 4.36. The summed E-state index contributed by atoms with van der Waals surface area (Å²) in [6.45, 7) is 2.06. The molecule has 0 saturated heterocycles. The van der Waals surface area contributed by atoms with Gasteiger partial charge in [-0.1, -0.05) is 19.8 Å². The maximum atomic E-state index is 12.8. The van der Waals surface area contributed by atoms with Gasteiger partial charge in [0.25, 0.3) is 5.91 Å². The molecule has 0 aromatic heterocycles. The van der Waals surface area contributed by atoms with Crippen LogP contribution in [0.2, 0.25) is 0 Å². The number of rotatable bonds is 5. The summed E-state index contributed by atoms with van der Waals surface area (Å²) >= 11 is 0. The van der Waals surface area contributed by atoms with E-state index in [-0.39, 0.29) is 28.2 Å². The number of carbonyl (C=O) groups excluding carboxylic acids is 1. The lowest BCUT2D eigenvalue weighted by molar-refractivity contribution is 0.0963. The van der Waals surface area contributed by atoms with Crippen LogP contribution < -0.4 is 14.8 Å². The number of hydrogen-bond donors (Lipinski definition) is 2.